The summed E-state index contributed by atoms with van der Waals surface area (Å²) in [5, 5.41) is 0. The summed E-state index contributed by atoms with van der Waals surface area (Å²) in [6.45, 7) is 5.09. The van der Waals surface area contributed by atoms with E-state index in [1.165, 1.54) is 5.56 Å². The fourth-order valence-electron chi connectivity index (χ4n) is 1.37. The van der Waals surface area contributed by atoms with Crippen LogP contribution in [0.15, 0.2) is 18.2 Å². The van der Waals surface area contributed by atoms with Crippen LogP contribution in [-0.2, 0) is 4.74 Å². The first-order valence-electron chi connectivity index (χ1n) is 5.11. The minimum atomic E-state index is -0.0736. The molecule has 3 heteroatoms. The van der Waals surface area contributed by atoms with Gasteiger partial charge in [-0.3, -0.25) is 0 Å². The molecule has 0 spiro atoms. The molecular formula is C12H19NO2. The maximum Gasteiger partial charge on any atom is 0.134 e. The van der Waals surface area contributed by atoms with Crippen LogP contribution in [-0.4, -0.2) is 26.4 Å². The van der Waals surface area contributed by atoms with Gasteiger partial charge in [0.05, 0.1) is 6.61 Å². The molecule has 15 heavy (non-hydrogen) atoms. The van der Waals surface area contributed by atoms with E-state index in [1.807, 2.05) is 19.1 Å². The molecule has 2 N–H and O–H groups in total. The number of rotatable bonds is 5. The number of benzene rings is 1. The average molecular weight is 209 g/mol. The van der Waals surface area contributed by atoms with Crippen molar-refractivity contribution in [2.24, 2.45) is 5.73 Å². The Balaban J connectivity index is 2.74. The van der Waals surface area contributed by atoms with Gasteiger partial charge in [0, 0.05) is 13.7 Å². The topological polar surface area (TPSA) is 44.5 Å². The molecule has 0 saturated carbocycles. The molecule has 0 aliphatic carbocycles. The molecule has 1 aromatic carbocycles. The summed E-state index contributed by atoms with van der Waals surface area (Å²) in [4.78, 5) is 0. The molecule has 1 atom stereocenters. The molecule has 0 aromatic heterocycles. The summed E-state index contributed by atoms with van der Waals surface area (Å²) < 4.78 is 10.8. The predicted molar refractivity (Wildman–Crippen MR) is 61.3 cm³/mol. The van der Waals surface area contributed by atoms with Crippen LogP contribution < -0.4 is 10.5 Å². The molecule has 0 fully saturated rings. The van der Waals surface area contributed by atoms with Gasteiger partial charge in [-0.25, -0.2) is 0 Å². The summed E-state index contributed by atoms with van der Waals surface area (Å²) >= 11 is 0. The van der Waals surface area contributed by atoms with Crippen LogP contribution >= 0.6 is 0 Å². The summed E-state index contributed by atoms with van der Waals surface area (Å²) in [6, 6.07) is 6.01. The SMILES string of the molecule is COCC(CN)Oc1cccc(C)c1C. The van der Waals surface area contributed by atoms with Crippen LogP contribution in [0, 0.1) is 13.8 Å². The first kappa shape index (κ1) is 12.0. The van der Waals surface area contributed by atoms with Gasteiger partial charge in [-0.05, 0) is 31.0 Å². The smallest absolute Gasteiger partial charge is 0.134 e. The van der Waals surface area contributed by atoms with E-state index in [1.54, 1.807) is 7.11 Å². The zero-order valence-corrected chi connectivity index (χ0v) is 9.62. The van der Waals surface area contributed by atoms with Gasteiger partial charge in [-0.15, -0.1) is 0 Å². The van der Waals surface area contributed by atoms with Gasteiger partial charge in [0.1, 0.15) is 11.9 Å². The minimum Gasteiger partial charge on any atom is -0.486 e. The zero-order valence-electron chi connectivity index (χ0n) is 9.62. The van der Waals surface area contributed by atoms with Crippen molar-refractivity contribution in [3.8, 4) is 5.75 Å². The third kappa shape index (κ3) is 3.22. The Morgan fingerprint density at radius 2 is 2.07 bits per heavy atom. The van der Waals surface area contributed by atoms with E-state index in [4.69, 9.17) is 15.2 Å². The largest absolute Gasteiger partial charge is 0.486 e. The molecule has 3 nitrogen and oxygen atoms in total. The number of ether oxygens (including phenoxy) is 2. The van der Waals surface area contributed by atoms with Crippen LogP contribution in [0.3, 0.4) is 0 Å². The summed E-state index contributed by atoms with van der Waals surface area (Å²) in [5.74, 6) is 0.891. The Morgan fingerprint density at radius 1 is 1.33 bits per heavy atom. The predicted octanol–water partition coefficient (Wildman–Crippen LogP) is 1.66. The van der Waals surface area contributed by atoms with Crippen molar-refractivity contribution in [3.05, 3.63) is 29.3 Å². The molecule has 0 saturated heterocycles. The highest BCUT2D eigenvalue weighted by Gasteiger charge is 2.10. The summed E-state index contributed by atoms with van der Waals surface area (Å²) in [7, 11) is 1.65. The van der Waals surface area contributed by atoms with E-state index >= 15 is 0 Å². The van der Waals surface area contributed by atoms with Crippen molar-refractivity contribution in [2.45, 2.75) is 20.0 Å². The Hall–Kier alpha value is -1.06. The quantitative estimate of drug-likeness (QED) is 0.802. The van der Waals surface area contributed by atoms with Gasteiger partial charge < -0.3 is 15.2 Å². The normalized spacial score (nSPS) is 12.5. The average Bonchev–Trinajstić information content (AvgIpc) is 2.24. The monoisotopic (exact) mass is 209 g/mol. The van der Waals surface area contributed by atoms with Crippen molar-refractivity contribution >= 4 is 0 Å². The van der Waals surface area contributed by atoms with E-state index in [2.05, 4.69) is 13.0 Å². The highest BCUT2D eigenvalue weighted by Crippen LogP contribution is 2.21. The summed E-state index contributed by atoms with van der Waals surface area (Å²) in [6.07, 6.45) is -0.0736. The van der Waals surface area contributed by atoms with Crippen LogP contribution in [0.1, 0.15) is 11.1 Å². The van der Waals surface area contributed by atoms with Crippen LogP contribution in [0.25, 0.3) is 0 Å². The highest BCUT2D eigenvalue weighted by atomic mass is 16.5. The van der Waals surface area contributed by atoms with E-state index < -0.39 is 0 Å². The Kier molecular flexibility index (Phi) is 4.59. The molecule has 1 rings (SSSR count). The number of hydrogen-bond acceptors (Lipinski definition) is 3. The van der Waals surface area contributed by atoms with Crippen LogP contribution in [0.5, 0.6) is 5.75 Å². The molecule has 0 aliphatic rings. The molecule has 0 bridgehead atoms. The van der Waals surface area contributed by atoms with Crippen LogP contribution in [0.4, 0.5) is 0 Å². The second kappa shape index (κ2) is 5.73. The molecule has 0 heterocycles. The number of hydrogen-bond donors (Lipinski definition) is 1. The second-order valence-electron chi connectivity index (χ2n) is 3.63. The van der Waals surface area contributed by atoms with Crippen molar-refractivity contribution in [2.75, 3.05) is 20.3 Å². The van der Waals surface area contributed by atoms with E-state index in [0.29, 0.717) is 13.2 Å². The Morgan fingerprint density at radius 3 is 2.67 bits per heavy atom. The lowest BCUT2D eigenvalue weighted by molar-refractivity contribution is 0.0855. The van der Waals surface area contributed by atoms with Gasteiger partial charge >= 0.3 is 0 Å². The van der Waals surface area contributed by atoms with Gasteiger partial charge in [0.15, 0.2) is 0 Å². The Bertz CT molecular complexity index is 312. The van der Waals surface area contributed by atoms with E-state index in [9.17, 15) is 0 Å². The van der Waals surface area contributed by atoms with Crippen molar-refractivity contribution < 1.29 is 9.47 Å². The maximum absolute atomic E-state index is 5.77. The van der Waals surface area contributed by atoms with Crippen molar-refractivity contribution in [1.82, 2.24) is 0 Å². The lowest BCUT2D eigenvalue weighted by Gasteiger charge is -2.18. The standard InChI is InChI=1S/C12H19NO2/c1-9-5-4-6-12(10(9)2)15-11(7-13)8-14-3/h4-6,11H,7-8,13H2,1-3H3. The number of aryl methyl sites for hydroxylation is 1. The molecule has 0 aliphatic heterocycles. The molecule has 0 radical (unpaired) electrons. The number of methoxy groups -OCH3 is 1. The maximum atomic E-state index is 5.77. The van der Waals surface area contributed by atoms with Gasteiger partial charge in [0.25, 0.3) is 0 Å². The molecule has 1 aromatic rings. The molecule has 1 unspecified atom stereocenters. The zero-order chi connectivity index (χ0) is 11.3. The van der Waals surface area contributed by atoms with Crippen molar-refractivity contribution in [3.63, 3.8) is 0 Å². The van der Waals surface area contributed by atoms with E-state index in [-0.39, 0.29) is 6.10 Å². The van der Waals surface area contributed by atoms with Crippen molar-refractivity contribution in [1.29, 1.82) is 0 Å². The van der Waals surface area contributed by atoms with E-state index in [0.717, 1.165) is 11.3 Å². The first-order chi connectivity index (χ1) is 7.19. The lowest BCUT2D eigenvalue weighted by Crippen LogP contribution is -2.31. The van der Waals surface area contributed by atoms with Gasteiger partial charge in [-0.1, -0.05) is 12.1 Å². The lowest BCUT2D eigenvalue weighted by atomic mass is 10.1. The second-order valence-corrected chi connectivity index (χ2v) is 3.63. The highest BCUT2D eigenvalue weighted by molar-refractivity contribution is 5.38. The van der Waals surface area contributed by atoms with Crippen LogP contribution in [0.2, 0.25) is 0 Å². The third-order valence-corrected chi connectivity index (χ3v) is 2.46. The fourth-order valence-corrected chi connectivity index (χ4v) is 1.37. The third-order valence-electron chi connectivity index (χ3n) is 2.46. The molecule has 0 amide bonds. The molecular weight excluding hydrogens is 190 g/mol. The Labute approximate surface area is 91.2 Å². The summed E-state index contributed by atoms with van der Waals surface area (Å²) in [5.41, 5.74) is 7.97. The fraction of sp³-hybridized carbons (Fsp3) is 0.500. The van der Waals surface area contributed by atoms with Gasteiger partial charge in [-0.2, -0.15) is 0 Å². The number of nitrogens with two attached hydrogens (primary N) is 1. The first-order valence-corrected chi connectivity index (χ1v) is 5.11. The minimum absolute atomic E-state index is 0.0736. The molecule has 84 valence electrons. The van der Waals surface area contributed by atoms with Gasteiger partial charge in [0.2, 0.25) is 0 Å².